The number of unbranched alkanes of at least 4 members (excludes halogenated alkanes) is 1. The maximum absolute atomic E-state index is 12.6. The summed E-state index contributed by atoms with van der Waals surface area (Å²) < 4.78 is 2.35. The zero-order valence-electron chi connectivity index (χ0n) is 21.9. The molecule has 0 unspecified atom stereocenters. The number of hydrogen-bond acceptors (Lipinski definition) is 5. The quantitative estimate of drug-likeness (QED) is 0.333. The molecule has 0 atom stereocenters. The average molecular weight is 487 g/mol. The minimum atomic E-state index is -0.0871. The molecule has 1 N–H and O–H groups in total. The van der Waals surface area contributed by atoms with Gasteiger partial charge in [-0.2, -0.15) is 0 Å². The average Bonchev–Trinajstić information content (AvgIpc) is 3.54. The highest BCUT2D eigenvalue weighted by Crippen LogP contribution is 2.29. The SMILES string of the molecule is CCCCc1nc2cc3c(cc2[nH]c1=O)nc(-c1ccc(N(CC)CC)cc1)n3CCN1CCCC1. The molecule has 0 radical (unpaired) electrons. The second-order valence-corrected chi connectivity index (χ2v) is 9.83. The minimum Gasteiger partial charge on any atom is -0.372 e. The maximum Gasteiger partial charge on any atom is 0.270 e. The first kappa shape index (κ1) is 24.5. The summed E-state index contributed by atoms with van der Waals surface area (Å²) in [7, 11) is 0. The molecule has 0 bridgehead atoms. The Morgan fingerprint density at radius 3 is 2.39 bits per heavy atom. The van der Waals surface area contributed by atoms with E-state index in [1.807, 2.05) is 6.07 Å². The monoisotopic (exact) mass is 486 g/mol. The summed E-state index contributed by atoms with van der Waals surface area (Å²) in [5.74, 6) is 0.971. The summed E-state index contributed by atoms with van der Waals surface area (Å²) in [5.41, 5.74) is 6.43. The van der Waals surface area contributed by atoms with Crippen LogP contribution in [0.5, 0.6) is 0 Å². The van der Waals surface area contributed by atoms with Gasteiger partial charge in [-0.05, 0) is 89.0 Å². The molecule has 2 aromatic heterocycles. The lowest BCUT2D eigenvalue weighted by Crippen LogP contribution is -2.24. The van der Waals surface area contributed by atoms with Crippen LogP contribution in [0.25, 0.3) is 33.5 Å². The Hall–Kier alpha value is -3.19. The van der Waals surface area contributed by atoms with Gasteiger partial charge in [-0.25, -0.2) is 9.97 Å². The van der Waals surface area contributed by atoms with E-state index >= 15 is 0 Å². The summed E-state index contributed by atoms with van der Waals surface area (Å²) >= 11 is 0. The molecule has 7 nitrogen and oxygen atoms in total. The van der Waals surface area contributed by atoms with Crippen molar-refractivity contribution >= 4 is 27.8 Å². The molecule has 0 aliphatic carbocycles. The number of nitrogens with zero attached hydrogens (tertiary/aromatic N) is 5. The second kappa shape index (κ2) is 10.8. The summed E-state index contributed by atoms with van der Waals surface area (Å²) in [4.78, 5) is 30.4. The zero-order chi connectivity index (χ0) is 25.1. The second-order valence-electron chi connectivity index (χ2n) is 9.83. The number of aromatic amines is 1. The van der Waals surface area contributed by atoms with E-state index in [1.54, 1.807) is 0 Å². The molecule has 0 spiro atoms. The largest absolute Gasteiger partial charge is 0.372 e. The van der Waals surface area contributed by atoms with Crippen LogP contribution in [0, 0.1) is 0 Å². The van der Waals surface area contributed by atoms with E-state index in [0.717, 1.165) is 72.5 Å². The summed E-state index contributed by atoms with van der Waals surface area (Å²) in [6.45, 7) is 12.7. The van der Waals surface area contributed by atoms with Crippen molar-refractivity contribution in [2.24, 2.45) is 0 Å². The highest BCUT2D eigenvalue weighted by Gasteiger charge is 2.18. The molecule has 1 fully saturated rings. The number of rotatable bonds is 10. The lowest BCUT2D eigenvalue weighted by Gasteiger charge is -2.21. The van der Waals surface area contributed by atoms with E-state index in [2.05, 4.69) is 70.5 Å². The van der Waals surface area contributed by atoms with Gasteiger partial charge in [0.2, 0.25) is 0 Å². The molecule has 36 heavy (non-hydrogen) atoms. The number of hydrogen-bond donors (Lipinski definition) is 1. The number of likely N-dealkylation sites (tertiary alicyclic amines) is 1. The Morgan fingerprint density at radius 1 is 0.944 bits per heavy atom. The van der Waals surface area contributed by atoms with Gasteiger partial charge in [0, 0.05) is 37.4 Å². The van der Waals surface area contributed by atoms with E-state index in [9.17, 15) is 4.79 Å². The molecule has 1 saturated heterocycles. The van der Waals surface area contributed by atoms with Crippen molar-refractivity contribution in [2.45, 2.75) is 59.4 Å². The molecular formula is C29H38N6O. The van der Waals surface area contributed by atoms with Crippen LogP contribution < -0.4 is 10.5 Å². The highest BCUT2D eigenvalue weighted by atomic mass is 16.1. The van der Waals surface area contributed by atoms with Gasteiger partial charge in [-0.1, -0.05) is 13.3 Å². The molecule has 5 rings (SSSR count). The third kappa shape index (κ3) is 4.89. The van der Waals surface area contributed by atoms with Crippen molar-refractivity contribution in [3.8, 4) is 11.4 Å². The fraction of sp³-hybridized carbons (Fsp3) is 0.483. The predicted octanol–water partition coefficient (Wildman–Crippen LogP) is 5.22. The smallest absolute Gasteiger partial charge is 0.270 e. The fourth-order valence-corrected chi connectivity index (χ4v) is 5.36. The lowest BCUT2D eigenvalue weighted by molar-refractivity contribution is 0.325. The number of fused-ring (bicyclic) bond motifs is 2. The normalized spacial score (nSPS) is 14.3. The van der Waals surface area contributed by atoms with Crippen LogP contribution in [-0.2, 0) is 13.0 Å². The third-order valence-corrected chi connectivity index (χ3v) is 7.49. The molecule has 1 aliphatic rings. The van der Waals surface area contributed by atoms with Crippen LogP contribution in [0.3, 0.4) is 0 Å². The molecule has 0 saturated carbocycles. The van der Waals surface area contributed by atoms with Crippen LogP contribution in [0.1, 0.15) is 52.1 Å². The highest BCUT2D eigenvalue weighted by molar-refractivity contribution is 5.93. The van der Waals surface area contributed by atoms with Gasteiger partial charge in [0.05, 0.1) is 22.1 Å². The van der Waals surface area contributed by atoms with Gasteiger partial charge in [-0.15, -0.1) is 0 Å². The van der Waals surface area contributed by atoms with Gasteiger partial charge in [0.1, 0.15) is 11.5 Å². The lowest BCUT2D eigenvalue weighted by atomic mass is 10.1. The van der Waals surface area contributed by atoms with Crippen molar-refractivity contribution in [2.75, 3.05) is 37.6 Å². The Labute approximate surface area is 213 Å². The van der Waals surface area contributed by atoms with Crippen molar-refractivity contribution in [1.82, 2.24) is 24.4 Å². The van der Waals surface area contributed by atoms with E-state index in [0.29, 0.717) is 12.1 Å². The number of H-pyrrole nitrogens is 1. The first-order chi connectivity index (χ1) is 17.6. The number of aromatic nitrogens is 4. The summed E-state index contributed by atoms with van der Waals surface area (Å²) in [6.07, 6.45) is 5.28. The number of anilines is 1. The summed E-state index contributed by atoms with van der Waals surface area (Å²) in [5, 5.41) is 0. The molecular weight excluding hydrogens is 448 g/mol. The third-order valence-electron chi connectivity index (χ3n) is 7.49. The number of imidazole rings is 1. The standard InChI is InChI=1S/C29H38N6O/c1-4-7-10-23-29(36)32-24-19-26-27(20-25(24)30-23)35(18-17-33-15-8-9-16-33)28(31-26)21-11-13-22(14-12-21)34(5-2)6-3/h11-14,19-20H,4-10,15-18H2,1-3H3,(H,32,36). The molecule has 190 valence electrons. The van der Waals surface area contributed by atoms with E-state index in [1.165, 1.54) is 31.6 Å². The Kier molecular flexibility index (Phi) is 7.37. The first-order valence-electron chi connectivity index (χ1n) is 13.6. The van der Waals surface area contributed by atoms with Gasteiger partial charge in [-0.3, -0.25) is 4.79 Å². The van der Waals surface area contributed by atoms with Crippen molar-refractivity contribution in [3.63, 3.8) is 0 Å². The van der Waals surface area contributed by atoms with Crippen molar-refractivity contribution in [3.05, 3.63) is 52.4 Å². The van der Waals surface area contributed by atoms with Crippen molar-refractivity contribution < 1.29 is 0 Å². The van der Waals surface area contributed by atoms with Crippen LogP contribution in [0.15, 0.2) is 41.2 Å². The maximum atomic E-state index is 12.6. The van der Waals surface area contributed by atoms with E-state index < -0.39 is 0 Å². The number of aryl methyl sites for hydroxylation is 1. The van der Waals surface area contributed by atoms with E-state index in [4.69, 9.17) is 9.97 Å². The van der Waals surface area contributed by atoms with Crippen LogP contribution in [0.4, 0.5) is 5.69 Å². The van der Waals surface area contributed by atoms with Gasteiger partial charge in [0.25, 0.3) is 5.56 Å². The van der Waals surface area contributed by atoms with Crippen LogP contribution >= 0.6 is 0 Å². The molecule has 0 amide bonds. The van der Waals surface area contributed by atoms with Gasteiger partial charge >= 0.3 is 0 Å². The predicted molar refractivity (Wildman–Crippen MR) is 149 cm³/mol. The Balaban J connectivity index is 1.59. The zero-order valence-corrected chi connectivity index (χ0v) is 21.9. The molecule has 1 aliphatic heterocycles. The molecule has 7 heteroatoms. The number of nitrogens with one attached hydrogen (secondary N) is 1. The summed E-state index contributed by atoms with van der Waals surface area (Å²) in [6, 6.07) is 12.9. The van der Waals surface area contributed by atoms with Crippen LogP contribution in [0.2, 0.25) is 0 Å². The first-order valence-corrected chi connectivity index (χ1v) is 13.6. The minimum absolute atomic E-state index is 0.0871. The fourth-order valence-electron chi connectivity index (χ4n) is 5.36. The van der Waals surface area contributed by atoms with Gasteiger partial charge in [0.15, 0.2) is 0 Å². The topological polar surface area (TPSA) is 70.0 Å². The molecule has 4 aromatic rings. The molecule has 2 aromatic carbocycles. The molecule has 3 heterocycles. The Bertz CT molecular complexity index is 1380. The van der Waals surface area contributed by atoms with E-state index in [-0.39, 0.29) is 5.56 Å². The van der Waals surface area contributed by atoms with Crippen molar-refractivity contribution in [1.29, 1.82) is 0 Å². The van der Waals surface area contributed by atoms with Gasteiger partial charge < -0.3 is 19.4 Å². The number of benzene rings is 2. The van der Waals surface area contributed by atoms with Crippen LogP contribution in [-0.4, -0.2) is 57.1 Å². The Morgan fingerprint density at radius 2 is 1.69 bits per heavy atom.